The Morgan fingerprint density at radius 1 is 1.09 bits per heavy atom. The van der Waals surface area contributed by atoms with Gasteiger partial charge in [-0.2, -0.15) is 9.50 Å². The Balaban J connectivity index is 1.42. The second-order valence-corrected chi connectivity index (χ2v) is 8.06. The van der Waals surface area contributed by atoms with Gasteiger partial charge in [-0.1, -0.05) is 23.5 Å². The second-order valence-electron chi connectivity index (χ2n) is 7.05. The van der Waals surface area contributed by atoms with E-state index in [0.29, 0.717) is 44.6 Å². The molecule has 0 saturated carbocycles. The van der Waals surface area contributed by atoms with E-state index >= 15 is 0 Å². The van der Waals surface area contributed by atoms with Crippen molar-refractivity contribution in [2.75, 3.05) is 6.61 Å². The van der Waals surface area contributed by atoms with Gasteiger partial charge in [0.25, 0.3) is 5.56 Å². The molecule has 3 heterocycles. The summed E-state index contributed by atoms with van der Waals surface area (Å²) in [6.45, 7) is 2.07. The summed E-state index contributed by atoms with van der Waals surface area (Å²) in [6, 6.07) is 16.2. The fourth-order valence-corrected chi connectivity index (χ4v) is 4.14. The van der Waals surface area contributed by atoms with Crippen molar-refractivity contribution in [3.8, 4) is 22.7 Å². The molecular weight excluding hydrogens is 445 g/mol. The maximum absolute atomic E-state index is 13.1. The van der Waals surface area contributed by atoms with Crippen molar-refractivity contribution in [1.29, 1.82) is 0 Å². The molecular formula is C24H16FN3O4S. The summed E-state index contributed by atoms with van der Waals surface area (Å²) in [5, 5.41) is 4.26. The van der Waals surface area contributed by atoms with E-state index in [1.807, 2.05) is 0 Å². The third-order valence-electron chi connectivity index (χ3n) is 4.86. The van der Waals surface area contributed by atoms with Crippen LogP contribution in [0, 0.1) is 5.82 Å². The molecule has 0 spiro atoms. The number of carbonyl (C=O) groups is 1. The van der Waals surface area contributed by atoms with Gasteiger partial charge in [0.1, 0.15) is 21.9 Å². The molecule has 33 heavy (non-hydrogen) atoms. The number of fused-ring (bicyclic) bond motifs is 1. The van der Waals surface area contributed by atoms with Gasteiger partial charge >= 0.3 is 5.97 Å². The second kappa shape index (κ2) is 8.44. The van der Waals surface area contributed by atoms with Gasteiger partial charge in [-0.25, -0.2) is 9.18 Å². The van der Waals surface area contributed by atoms with Crippen molar-refractivity contribution in [3.05, 3.63) is 92.7 Å². The molecule has 0 radical (unpaired) electrons. The lowest BCUT2D eigenvalue weighted by molar-refractivity contribution is 0.0526. The minimum Gasteiger partial charge on any atom is -0.462 e. The Morgan fingerprint density at radius 3 is 2.52 bits per heavy atom. The molecule has 0 aliphatic rings. The first-order chi connectivity index (χ1) is 16.0. The van der Waals surface area contributed by atoms with Crippen LogP contribution in [-0.2, 0) is 4.74 Å². The van der Waals surface area contributed by atoms with Crippen LogP contribution in [0.25, 0.3) is 33.7 Å². The molecule has 7 nitrogen and oxygen atoms in total. The molecule has 0 amide bonds. The van der Waals surface area contributed by atoms with Crippen LogP contribution in [0.15, 0.2) is 69.9 Å². The highest BCUT2D eigenvalue weighted by Gasteiger charge is 2.13. The molecule has 0 atom stereocenters. The average molecular weight is 461 g/mol. The highest BCUT2D eigenvalue weighted by atomic mass is 32.1. The molecule has 0 bridgehead atoms. The molecule has 9 heteroatoms. The fourth-order valence-electron chi connectivity index (χ4n) is 3.25. The molecule has 0 aliphatic heterocycles. The number of rotatable bonds is 5. The van der Waals surface area contributed by atoms with Crippen LogP contribution < -0.4 is 10.1 Å². The summed E-state index contributed by atoms with van der Waals surface area (Å²) in [5.41, 5.74) is 1.57. The first-order valence-corrected chi connectivity index (χ1v) is 10.9. The number of ether oxygens (including phenoxy) is 1. The lowest BCUT2D eigenvalue weighted by Gasteiger charge is -2.02. The van der Waals surface area contributed by atoms with E-state index < -0.39 is 0 Å². The maximum Gasteiger partial charge on any atom is 0.338 e. The van der Waals surface area contributed by atoms with Crippen LogP contribution in [0.2, 0.25) is 0 Å². The molecule has 5 rings (SSSR count). The van der Waals surface area contributed by atoms with Gasteiger partial charge in [0, 0.05) is 17.2 Å². The van der Waals surface area contributed by atoms with E-state index in [9.17, 15) is 14.0 Å². The number of hydrogen-bond acceptors (Lipinski definition) is 7. The maximum atomic E-state index is 13.1. The fraction of sp³-hybridized carbons (Fsp3) is 0.0833. The van der Waals surface area contributed by atoms with Gasteiger partial charge in [-0.05, 0) is 55.5 Å². The van der Waals surface area contributed by atoms with Gasteiger partial charge in [0.05, 0.1) is 12.2 Å². The quantitative estimate of drug-likeness (QED) is 0.369. The van der Waals surface area contributed by atoms with Crippen LogP contribution in [-0.4, -0.2) is 27.2 Å². The lowest BCUT2D eigenvalue weighted by atomic mass is 10.1. The van der Waals surface area contributed by atoms with Crippen LogP contribution in [0.1, 0.15) is 23.0 Å². The van der Waals surface area contributed by atoms with Gasteiger partial charge in [0.2, 0.25) is 4.96 Å². The number of esters is 1. The highest BCUT2D eigenvalue weighted by Crippen LogP contribution is 2.23. The monoisotopic (exact) mass is 461 g/mol. The Kier molecular flexibility index (Phi) is 5.31. The predicted molar refractivity (Wildman–Crippen MR) is 121 cm³/mol. The zero-order valence-corrected chi connectivity index (χ0v) is 18.1. The number of halogens is 1. The van der Waals surface area contributed by atoms with Crippen LogP contribution in [0.3, 0.4) is 0 Å². The number of aromatic nitrogens is 3. The SMILES string of the molecule is CCOC(=O)c1ccc(-c2ccc(C=c3sc4nc(-c5ccc(F)cc5)nn4c3=O)o2)cc1. The van der Waals surface area contributed by atoms with E-state index in [0.717, 1.165) is 5.56 Å². The van der Waals surface area contributed by atoms with Crippen LogP contribution in [0.5, 0.6) is 0 Å². The Bertz CT molecular complexity index is 1570. The summed E-state index contributed by atoms with van der Waals surface area (Å²) in [5.74, 6) is 0.728. The van der Waals surface area contributed by atoms with Crippen molar-refractivity contribution in [2.24, 2.45) is 0 Å². The Hall–Kier alpha value is -4.11. The van der Waals surface area contributed by atoms with Gasteiger partial charge < -0.3 is 9.15 Å². The number of nitrogens with zero attached hydrogens (tertiary/aromatic N) is 3. The summed E-state index contributed by atoms with van der Waals surface area (Å²) in [6.07, 6.45) is 1.64. The lowest BCUT2D eigenvalue weighted by Crippen LogP contribution is -2.23. The summed E-state index contributed by atoms with van der Waals surface area (Å²) < 4.78 is 25.6. The molecule has 0 unspecified atom stereocenters. The van der Waals surface area contributed by atoms with Crippen molar-refractivity contribution in [2.45, 2.75) is 6.92 Å². The van der Waals surface area contributed by atoms with Crippen molar-refractivity contribution in [1.82, 2.24) is 14.6 Å². The third-order valence-corrected chi connectivity index (χ3v) is 5.82. The normalized spacial score (nSPS) is 11.9. The first kappa shape index (κ1) is 20.8. The van der Waals surface area contributed by atoms with Crippen LogP contribution in [0.4, 0.5) is 4.39 Å². The first-order valence-electron chi connectivity index (χ1n) is 10.1. The van der Waals surface area contributed by atoms with Gasteiger partial charge in [-0.3, -0.25) is 4.79 Å². The molecule has 164 valence electrons. The number of furan rings is 1. The largest absolute Gasteiger partial charge is 0.462 e. The Morgan fingerprint density at radius 2 is 1.82 bits per heavy atom. The highest BCUT2D eigenvalue weighted by molar-refractivity contribution is 7.15. The molecule has 2 aromatic carbocycles. The smallest absolute Gasteiger partial charge is 0.338 e. The van der Waals surface area contributed by atoms with Crippen molar-refractivity contribution < 1.29 is 18.3 Å². The predicted octanol–water partition coefficient (Wildman–Crippen LogP) is 3.94. The topological polar surface area (TPSA) is 86.7 Å². The molecule has 5 aromatic rings. The zero-order valence-electron chi connectivity index (χ0n) is 17.3. The summed E-state index contributed by atoms with van der Waals surface area (Å²) in [7, 11) is 0. The average Bonchev–Trinajstić information content (AvgIpc) is 3.52. The van der Waals surface area contributed by atoms with E-state index in [2.05, 4.69) is 10.1 Å². The number of thiazole rings is 1. The van der Waals surface area contributed by atoms with Crippen molar-refractivity contribution >= 4 is 28.3 Å². The molecule has 0 saturated heterocycles. The zero-order chi connectivity index (χ0) is 22.9. The Labute approximate surface area is 190 Å². The molecule has 0 N–H and O–H groups in total. The van der Waals surface area contributed by atoms with E-state index in [-0.39, 0.29) is 17.3 Å². The van der Waals surface area contributed by atoms with E-state index in [1.165, 1.54) is 28.0 Å². The summed E-state index contributed by atoms with van der Waals surface area (Å²) in [4.78, 5) is 29.4. The van der Waals surface area contributed by atoms with E-state index in [4.69, 9.17) is 9.15 Å². The molecule has 0 fully saturated rings. The number of hydrogen-bond donors (Lipinski definition) is 0. The van der Waals surface area contributed by atoms with E-state index in [1.54, 1.807) is 61.5 Å². The third kappa shape index (κ3) is 4.06. The minimum absolute atomic E-state index is 0.312. The van der Waals surface area contributed by atoms with Gasteiger partial charge in [0.15, 0.2) is 5.82 Å². The standard InChI is InChI=1S/C24H16FN3O4S/c1-2-31-23(30)16-5-3-14(4-6-16)19-12-11-18(32-19)13-20-22(29)28-24(33-20)26-21(27-28)15-7-9-17(25)10-8-15/h3-13H,2H2,1H3. The molecule has 3 aromatic heterocycles. The minimum atomic E-state index is -0.376. The van der Waals surface area contributed by atoms with Crippen molar-refractivity contribution in [3.63, 3.8) is 0 Å². The molecule has 0 aliphatic carbocycles. The summed E-state index contributed by atoms with van der Waals surface area (Å²) >= 11 is 1.19. The van der Waals surface area contributed by atoms with Crippen LogP contribution >= 0.6 is 11.3 Å². The van der Waals surface area contributed by atoms with Gasteiger partial charge in [-0.15, -0.1) is 5.10 Å². The number of benzene rings is 2. The number of carbonyl (C=O) groups excluding carboxylic acids is 1.